The zero-order valence-electron chi connectivity index (χ0n) is 24.1. The third-order valence-corrected chi connectivity index (χ3v) is 8.96. The van der Waals surface area contributed by atoms with Gasteiger partial charge in [-0.05, 0) is 48.0 Å². The van der Waals surface area contributed by atoms with Gasteiger partial charge in [0.1, 0.15) is 30.4 Å². The zero-order valence-corrected chi connectivity index (χ0v) is 25.1. The second-order valence-corrected chi connectivity index (χ2v) is 17.3. The van der Waals surface area contributed by atoms with Crippen LogP contribution >= 0.6 is 0 Å². The molecule has 9 nitrogen and oxygen atoms in total. The van der Waals surface area contributed by atoms with Crippen LogP contribution in [0, 0.1) is 0 Å². The Bertz CT molecular complexity index is 1450. The zero-order chi connectivity index (χ0) is 28.8. The van der Waals surface area contributed by atoms with Gasteiger partial charge in [-0.3, -0.25) is 9.47 Å². The number of amides is 1. The van der Waals surface area contributed by atoms with Crippen LogP contribution in [-0.2, 0) is 24.6 Å². The van der Waals surface area contributed by atoms with Crippen molar-refractivity contribution in [1.82, 2.24) is 24.3 Å². The van der Waals surface area contributed by atoms with Crippen molar-refractivity contribution < 1.29 is 19.4 Å². The molecule has 1 saturated heterocycles. The lowest BCUT2D eigenvalue weighted by molar-refractivity contribution is 0.0905. The number of hydrogen-bond donors (Lipinski definition) is 1. The number of hydrogen-bond acceptors (Lipinski definition) is 6. The molecule has 2 aromatic carbocycles. The summed E-state index contributed by atoms with van der Waals surface area (Å²) in [5.74, 6) is 1.61. The first-order valence-electron chi connectivity index (χ1n) is 14.2. The standard InChI is InChI=1S/C31H39N5O4Si/c1-41(2,3)20-19-39-23-36-29(25-9-12-27(13-10-25)40-22-24-7-5-4-6-8-24)33-28-14-11-26(32-30(28)36)21-34-15-17-35(18-16-34)31(37)38/h4-14H,15-23H2,1-3H3,(H,37,38). The molecule has 1 aliphatic rings. The normalized spacial score (nSPS) is 14.5. The molecule has 5 rings (SSSR count). The number of aromatic nitrogens is 3. The summed E-state index contributed by atoms with van der Waals surface area (Å²) in [5, 5.41) is 9.25. The highest BCUT2D eigenvalue weighted by atomic mass is 28.3. The summed E-state index contributed by atoms with van der Waals surface area (Å²) in [5.41, 5.74) is 4.63. The number of piperazine rings is 1. The van der Waals surface area contributed by atoms with E-state index in [0.29, 0.717) is 52.7 Å². The van der Waals surface area contributed by atoms with Crippen LogP contribution < -0.4 is 4.74 Å². The van der Waals surface area contributed by atoms with Gasteiger partial charge in [-0.15, -0.1) is 0 Å². The van der Waals surface area contributed by atoms with Crippen molar-refractivity contribution in [2.75, 3.05) is 32.8 Å². The fourth-order valence-corrected chi connectivity index (χ4v) is 5.53. The number of fused-ring (bicyclic) bond motifs is 1. The molecule has 10 heteroatoms. The number of rotatable bonds is 11. The summed E-state index contributed by atoms with van der Waals surface area (Å²) in [4.78, 5) is 24.9. The first kappa shape index (κ1) is 28.8. The number of pyridine rings is 1. The van der Waals surface area contributed by atoms with Gasteiger partial charge in [0, 0.05) is 53.0 Å². The number of benzene rings is 2. The van der Waals surface area contributed by atoms with Gasteiger partial charge in [0.2, 0.25) is 0 Å². The van der Waals surface area contributed by atoms with Gasteiger partial charge < -0.3 is 19.5 Å². The minimum Gasteiger partial charge on any atom is -0.489 e. The van der Waals surface area contributed by atoms with Crippen LogP contribution in [0.15, 0.2) is 66.7 Å². The molecular weight excluding hydrogens is 534 g/mol. The third-order valence-electron chi connectivity index (χ3n) is 7.26. The van der Waals surface area contributed by atoms with Crippen LogP contribution in [0.3, 0.4) is 0 Å². The highest BCUT2D eigenvalue weighted by molar-refractivity contribution is 6.76. The van der Waals surface area contributed by atoms with Gasteiger partial charge in [0.15, 0.2) is 5.65 Å². The molecule has 3 heterocycles. The first-order chi connectivity index (χ1) is 19.7. The maximum atomic E-state index is 11.3. The van der Waals surface area contributed by atoms with Crippen LogP contribution in [0.2, 0.25) is 25.7 Å². The van der Waals surface area contributed by atoms with Gasteiger partial charge in [0.05, 0.1) is 5.69 Å². The molecule has 41 heavy (non-hydrogen) atoms. The second kappa shape index (κ2) is 12.8. The minimum atomic E-state index is -1.22. The molecule has 1 aliphatic heterocycles. The van der Waals surface area contributed by atoms with Crippen molar-refractivity contribution in [3.63, 3.8) is 0 Å². The summed E-state index contributed by atoms with van der Waals surface area (Å²) in [6.07, 6.45) is -0.856. The predicted molar refractivity (Wildman–Crippen MR) is 163 cm³/mol. The van der Waals surface area contributed by atoms with E-state index in [1.54, 1.807) is 0 Å². The molecule has 216 valence electrons. The average Bonchev–Trinajstić information content (AvgIpc) is 3.32. The Morgan fingerprint density at radius 1 is 0.927 bits per heavy atom. The molecule has 4 aromatic rings. The molecule has 0 bridgehead atoms. The van der Waals surface area contributed by atoms with Crippen LogP contribution in [0.1, 0.15) is 11.3 Å². The molecular formula is C31H39N5O4Si. The monoisotopic (exact) mass is 573 g/mol. The van der Waals surface area contributed by atoms with E-state index in [2.05, 4.69) is 41.2 Å². The quantitative estimate of drug-likeness (QED) is 0.179. The number of carbonyl (C=O) groups is 1. The van der Waals surface area contributed by atoms with Crippen molar-refractivity contribution in [1.29, 1.82) is 0 Å². The minimum absolute atomic E-state index is 0.371. The molecule has 0 aliphatic carbocycles. The smallest absolute Gasteiger partial charge is 0.407 e. The molecule has 0 spiro atoms. The van der Waals surface area contributed by atoms with E-state index in [-0.39, 0.29) is 0 Å². The van der Waals surface area contributed by atoms with Gasteiger partial charge in [0.25, 0.3) is 0 Å². The summed E-state index contributed by atoms with van der Waals surface area (Å²) < 4.78 is 14.2. The maximum absolute atomic E-state index is 11.3. The summed E-state index contributed by atoms with van der Waals surface area (Å²) in [7, 11) is -1.22. The lowest BCUT2D eigenvalue weighted by atomic mass is 10.2. The van der Waals surface area contributed by atoms with E-state index in [9.17, 15) is 9.90 Å². The van der Waals surface area contributed by atoms with Crippen LogP contribution in [0.5, 0.6) is 5.75 Å². The SMILES string of the molecule is C[Si](C)(C)CCOCn1c(-c2ccc(OCc3ccccc3)cc2)nc2ccc(CN3CCN(C(=O)O)CC3)nc21. The van der Waals surface area contributed by atoms with Crippen LogP contribution in [0.25, 0.3) is 22.6 Å². The van der Waals surface area contributed by atoms with Crippen molar-refractivity contribution in [3.8, 4) is 17.1 Å². The Kier molecular flexibility index (Phi) is 9.02. The topological polar surface area (TPSA) is 93.0 Å². The number of carboxylic acid groups (broad SMARTS) is 1. The highest BCUT2D eigenvalue weighted by Crippen LogP contribution is 2.27. The predicted octanol–water partition coefficient (Wildman–Crippen LogP) is 5.79. The Balaban J connectivity index is 1.35. The summed E-state index contributed by atoms with van der Waals surface area (Å²) in [6, 6.07) is 23.3. The molecule has 0 unspecified atom stereocenters. The van der Waals surface area contributed by atoms with Crippen molar-refractivity contribution >= 4 is 25.3 Å². The molecule has 1 N–H and O–H groups in total. The van der Waals surface area contributed by atoms with Crippen molar-refractivity contribution in [2.45, 2.75) is 45.6 Å². The van der Waals surface area contributed by atoms with E-state index in [4.69, 9.17) is 19.4 Å². The average molecular weight is 574 g/mol. The van der Waals surface area contributed by atoms with E-state index >= 15 is 0 Å². The Morgan fingerprint density at radius 2 is 1.66 bits per heavy atom. The highest BCUT2D eigenvalue weighted by Gasteiger charge is 2.22. The van der Waals surface area contributed by atoms with Gasteiger partial charge in [-0.2, -0.15) is 0 Å². The van der Waals surface area contributed by atoms with E-state index in [1.165, 1.54) is 4.90 Å². The molecule has 0 radical (unpaired) electrons. The first-order valence-corrected chi connectivity index (χ1v) is 17.9. The lowest BCUT2D eigenvalue weighted by Gasteiger charge is -2.32. The molecule has 2 aromatic heterocycles. The van der Waals surface area contributed by atoms with Crippen molar-refractivity contribution in [2.24, 2.45) is 0 Å². The summed E-state index contributed by atoms with van der Waals surface area (Å²) in [6.45, 7) is 11.7. The van der Waals surface area contributed by atoms with E-state index < -0.39 is 14.2 Å². The fourth-order valence-electron chi connectivity index (χ4n) is 4.77. The van der Waals surface area contributed by atoms with Crippen LogP contribution in [0.4, 0.5) is 4.79 Å². The Morgan fingerprint density at radius 3 is 2.34 bits per heavy atom. The van der Waals surface area contributed by atoms with Crippen LogP contribution in [-0.4, -0.2) is 76.4 Å². The van der Waals surface area contributed by atoms with Gasteiger partial charge >= 0.3 is 6.09 Å². The molecule has 1 fully saturated rings. The van der Waals surface area contributed by atoms with E-state index in [0.717, 1.165) is 45.6 Å². The van der Waals surface area contributed by atoms with Gasteiger partial charge in [-0.1, -0.05) is 50.0 Å². The van der Waals surface area contributed by atoms with E-state index in [1.807, 2.05) is 54.6 Å². The van der Waals surface area contributed by atoms with Gasteiger partial charge in [-0.25, -0.2) is 14.8 Å². The third kappa shape index (κ3) is 7.72. The molecule has 0 saturated carbocycles. The number of imidazole rings is 1. The van der Waals surface area contributed by atoms with Crippen molar-refractivity contribution in [3.05, 3.63) is 78.0 Å². The molecule has 0 atom stereocenters. The lowest BCUT2D eigenvalue weighted by Crippen LogP contribution is -2.47. The largest absolute Gasteiger partial charge is 0.489 e. The second-order valence-electron chi connectivity index (χ2n) is 11.7. The molecule has 1 amide bonds. The Labute approximate surface area is 242 Å². The number of nitrogens with zero attached hydrogens (tertiary/aromatic N) is 5. The Hall–Kier alpha value is -3.73. The summed E-state index contributed by atoms with van der Waals surface area (Å²) >= 11 is 0. The fraction of sp³-hybridized carbons (Fsp3) is 0.387. The number of ether oxygens (including phenoxy) is 2. The maximum Gasteiger partial charge on any atom is 0.407 e.